The van der Waals surface area contributed by atoms with Crippen molar-refractivity contribution in [2.24, 2.45) is 0 Å². The molecule has 2 aromatic carbocycles. The topological polar surface area (TPSA) is 33.3 Å². The van der Waals surface area contributed by atoms with Gasteiger partial charge in [0.25, 0.3) is 0 Å². The van der Waals surface area contributed by atoms with Gasteiger partial charge in [0.1, 0.15) is 0 Å². The van der Waals surface area contributed by atoms with E-state index in [1.807, 2.05) is 32.0 Å². The van der Waals surface area contributed by atoms with Crippen molar-refractivity contribution in [3.63, 3.8) is 0 Å². The Morgan fingerprint density at radius 3 is 2.70 bits per heavy atom. The number of methoxy groups -OCH3 is 1. The highest BCUT2D eigenvalue weighted by Crippen LogP contribution is 2.24. The maximum Gasteiger partial charge on any atom is 0.171 e. The highest BCUT2D eigenvalue weighted by molar-refractivity contribution is 7.80. The molecule has 0 saturated carbocycles. The fourth-order valence-corrected chi connectivity index (χ4v) is 2.59. The lowest BCUT2D eigenvalue weighted by Gasteiger charge is -2.19. The van der Waals surface area contributed by atoms with Crippen LogP contribution in [0.5, 0.6) is 5.75 Å². The van der Waals surface area contributed by atoms with Crippen LogP contribution in [0.1, 0.15) is 24.1 Å². The van der Waals surface area contributed by atoms with Gasteiger partial charge < -0.3 is 15.4 Å². The van der Waals surface area contributed by atoms with E-state index in [0.29, 0.717) is 10.1 Å². The van der Waals surface area contributed by atoms with E-state index in [1.54, 1.807) is 12.1 Å². The van der Waals surface area contributed by atoms with E-state index in [2.05, 4.69) is 10.6 Å². The number of halogens is 2. The second-order valence-electron chi connectivity index (χ2n) is 5.13. The molecule has 2 N–H and O–H groups in total. The first-order chi connectivity index (χ1) is 10.9. The molecule has 0 spiro atoms. The maximum atomic E-state index is 13.8. The minimum absolute atomic E-state index is 0.158. The zero-order chi connectivity index (χ0) is 17.0. The lowest BCUT2D eigenvalue weighted by molar-refractivity contribution is 0.386. The molecule has 122 valence electrons. The Morgan fingerprint density at radius 2 is 2.04 bits per heavy atom. The van der Waals surface area contributed by atoms with Crippen molar-refractivity contribution in [2.75, 3.05) is 12.4 Å². The van der Waals surface area contributed by atoms with Crippen LogP contribution in [0, 0.1) is 12.7 Å². The van der Waals surface area contributed by atoms with Gasteiger partial charge in [-0.15, -0.1) is 0 Å². The lowest BCUT2D eigenvalue weighted by Crippen LogP contribution is -2.31. The Bertz CT molecular complexity index is 724. The molecule has 1 atom stereocenters. The monoisotopic (exact) mass is 352 g/mol. The number of ether oxygens (including phenoxy) is 1. The first-order valence-corrected chi connectivity index (χ1v) is 7.87. The normalized spacial score (nSPS) is 11.7. The van der Waals surface area contributed by atoms with Crippen LogP contribution >= 0.6 is 23.8 Å². The third-order valence-electron chi connectivity index (χ3n) is 3.54. The first-order valence-electron chi connectivity index (χ1n) is 7.08. The Hall–Kier alpha value is -1.85. The summed E-state index contributed by atoms with van der Waals surface area (Å²) in [5.74, 6) is -0.181. The van der Waals surface area contributed by atoms with E-state index in [1.165, 1.54) is 13.2 Å². The minimum atomic E-state index is -0.400. The standard InChI is InChI=1S/C17H18ClFN2OS/c1-10-13(18)5-4-6-15(10)21-17(23)20-11(2)12-7-8-16(22-3)14(19)9-12/h4-9,11H,1-3H3,(H2,20,21,23)/t11-/m1/s1. The van der Waals surface area contributed by atoms with Crippen LogP contribution in [0.15, 0.2) is 36.4 Å². The molecule has 0 heterocycles. The lowest BCUT2D eigenvalue weighted by atomic mass is 10.1. The van der Waals surface area contributed by atoms with Gasteiger partial charge in [-0.05, 0) is 61.5 Å². The zero-order valence-electron chi connectivity index (χ0n) is 13.1. The van der Waals surface area contributed by atoms with Gasteiger partial charge >= 0.3 is 0 Å². The number of rotatable bonds is 4. The van der Waals surface area contributed by atoms with E-state index in [4.69, 9.17) is 28.6 Å². The van der Waals surface area contributed by atoms with Gasteiger partial charge in [0.2, 0.25) is 0 Å². The molecule has 23 heavy (non-hydrogen) atoms. The molecule has 0 radical (unpaired) electrons. The summed E-state index contributed by atoms with van der Waals surface area (Å²) in [6, 6.07) is 10.2. The van der Waals surface area contributed by atoms with E-state index >= 15 is 0 Å². The molecule has 0 aromatic heterocycles. The Labute approximate surface area is 145 Å². The summed E-state index contributed by atoms with van der Waals surface area (Å²) in [5, 5.41) is 7.35. The number of nitrogens with one attached hydrogen (secondary N) is 2. The van der Waals surface area contributed by atoms with Crippen LogP contribution in [0.3, 0.4) is 0 Å². The average molecular weight is 353 g/mol. The molecular weight excluding hydrogens is 335 g/mol. The number of hydrogen-bond acceptors (Lipinski definition) is 2. The van der Waals surface area contributed by atoms with Gasteiger partial charge in [-0.1, -0.05) is 23.7 Å². The summed E-state index contributed by atoms with van der Waals surface area (Å²) < 4.78 is 18.7. The fourth-order valence-electron chi connectivity index (χ4n) is 2.13. The summed E-state index contributed by atoms with van der Waals surface area (Å²) in [7, 11) is 1.44. The van der Waals surface area contributed by atoms with Crippen LogP contribution in [0.2, 0.25) is 5.02 Å². The first kappa shape index (κ1) is 17.5. The summed E-state index contributed by atoms with van der Waals surface area (Å²) in [6.07, 6.45) is 0. The molecule has 3 nitrogen and oxygen atoms in total. The van der Waals surface area contributed by atoms with E-state index in [0.717, 1.165) is 16.8 Å². The fraction of sp³-hybridized carbons (Fsp3) is 0.235. The van der Waals surface area contributed by atoms with E-state index in [9.17, 15) is 4.39 Å². The maximum absolute atomic E-state index is 13.8. The third kappa shape index (κ3) is 4.33. The van der Waals surface area contributed by atoms with Crippen LogP contribution in [0.4, 0.5) is 10.1 Å². The van der Waals surface area contributed by atoms with Crippen molar-refractivity contribution in [1.82, 2.24) is 5.32 Å². The molecule has 6 heteroatoms. The molecule has 0 amide bonds. The Balaban J connectivity index is 2.05. The summed E-state index contributed by atoms with van der Waals surface area (Å²) >= 11 is 11.4. The number of benzene rings is 2. The van der Waals surface area contributed by atoms with Crippen molar-refractivity contribution in [3.8, 4) is 5.75 Å². The van der Waals surface area contributed by atoms with Gasteiger partial charge in [0.15, 0.2) is 16.7 Å². The van der Waals surface area contributed by atoms with Gasteiger partial charge in [-0.25, -0.2) is 4.39 Å². The molecule has 0 unspecified atom stereocenters. The zero-order valence-corrected chi connectivity index (χ0v) is 14.7. The molecule has 0 aliphatic rings. The highest BCUT2D eigenvalue weighted by Gasteiger charge is 2.11. The van der Waals surface area contributed by atoms with Crippen LogP contribution in [0.25, 0.3) is 0 Å². The second kappa shape index (κ2) is 7.62. The summed E-state index contributed by atoms with van der Waals surface area (Å²) in [6.45, 7) is 3.82. The molecule has 2 rings (SSSR count). The second-order valence-corrected chi connectivity index (χ2v) is 5.94. The summed E-state index contributed by atoms with van der Waals surface area (Å²) in [5.41, 5.74) is 2.53. The molecule has 0 saturated heterocycles. The summed E-state index contributed by atoms with van der Waals surface area (Å²) in [4.78, 5) is 0. The molecule has 0 aliphatic carbocycles. The van der Waals surface area contributed by atoms with Crippen molar-refractivity contribution in [3.05, 3.63) is 58.4 Å². The van der Waals surface area contributed by atoms with Gasteiger partial charge in [0.05, 0.1) is 13.2 Å². The molecule has 0 aliphatic heterocycles. The van der Waals surface area contributed by atoms with Crippen molar-refractivity contribution < 1.29 is 9.13 Å². The average Bonchev–Trinajstić information content (AvgIpc) is 2.51. The number of hydrogen-bond donors (Lipinski definition) is 2. The van der Waals surface area contributed by atoms with Crippen molar-refractivity contribution in [2.45, 2.75) is 19.9 Å². The van der Waals surface area contributed by atoms with Crippen molar-refractivity contribution in [1.29, 1.82) is 0 Å². The third-order valence-corrected chi connectivity index (χ3v) is 4.17. The van der Waals surface area contributed by atoms with Crippen LogP contribution < -0.4 is 15.4 Å². The smallest absolute Gasteiger partial charge is 0.171 e. The van der Waals surface area contributed by atoms with E-state index in [-0.39, 0.29) is 11.8 Å². The quantitative estimate of drug-likeness (QED) is 0.771. The number of thiocarbonyl (C=S) groups is 1. The highest BCUT2D eigenvalue weighted by atomic mass is 35.5. The van der Waals surface area contributed by atoms with Gasteiger partial charge in [-0.3, -0.25) is 0 Å². The van der Waals surface area contributed by atoms with Gasteiger partial charge in [0, 0.05) is 10.7 Å². The van der Waals surface area contributed by atoms with Crippen LogP contribution in [-0.2, 0) is 0 Å². The molecular formula is C17H18ClFN2OS. The SMILES string of the molecule is COc1ccc([C@@H](C)NC(=S)Nc2cccc(Cl)c2C)cc1F. The van der Waals surface area contributed by atoms with Crippen molar-refractivity contribution >= 4 is 34.6 Å². The van der Waals surface area contributed by atoms with Crippen LogP contribution in [-0.4, -0.2) is 12.2 Å². The molecule has 2 aromatic rings. The molecule has 0 fully saturated rings. The Morgan fingerprint density at radius 1 is 1.30 bits per heavy atom. The predicted octanol–water partition coefficient (Wildman–Crippen LogP) is 4.84. The minimum Gasteiger partial charge on any atom is -0.494 e. The molecule has 0 bridgehead atoms. The predicted molar refractivity (Wildman–Crippen MR) is 96.9 cm³/mol. The number of anilines is 1. The Kier molecular flexibility index (Phi) is 5.80. The van der Waals surface area contributed by atoms with E-state index < -0.39 is 5.82 Å². The largest absolute Gasteiger partial charge is 0.494 e. The van der Waals surface area contributed by atoms with Gasteiger partial charge in [-0.2, -0.15) is 0 Å².